The Hall–Kier alpha value is -1.04. The molecule has 1 rings (SSSR count). The summed E-state index contributed by atoms with van der Waals surface area (Å²) in [4.78, 5) is 10.9. The first-order valence-electron chi connectivity index (χ1n) is 2.99. The molecule has 0 fully saturated rings. The lowest BCUT2D eigenvalue weighted by Gasteiger charge is -1.96. The molecule has 1 N–H and O–H groups in total. The summed E-state index contributed by atoms with van der Waals surface area (Å²) in [6.07, 6.45) is 1.38. The lowest BCUT2D eigenvalue weighted by molar-refractivity contribution is 0.0523. The van der Waals surface area contributed by atoms with Gasteiger partial charge in [0.05, 0.1) is 6.20 Å². The molecule has 1 aromatic rings. The van der Waals surface area contributed by atoms with Gasteiger partial charge in [-0.15, -0.1) is 5.10 Å². The van der Waals surface area contributed by atoms with Gasteiger partial charge < -0.3 is 4.74 Å². The van der Waals surface area contributed by atoms with Gasteiger partial charge in [-0.3, -0.25) is 5.10 Å². The van der Waals surface area contributed by atoms with Gasteiger partial charge in [0.15, 0.2) is 5.69 Å². The van der Waals surface area contributed by atoms with E-state index in [0.717, 1.165) is 0 Å². The molecular formula is C5H7N3O2S. The van der Waals surface area contributed by atoms with Crippen molar-refractivity contribution in [3.05, 3.63) is 11.9 Å². The normalized spacial score (nSPS) is 9.55. The van der Waals surface area contributed by atoms with E-state index in [-0.39, 0.29) is 12.3 Å². The number of hydrogen-bond donors (Lipinski definition) is 2. The lowest BCUT2D eigenvalue weighted by atomic mass is 10.5. The average Bonchev–Trinajstić information content (AvgIpc) is 2.52. The fraction of sp³-hybridized carbons (Fsp3) is 0.400. The van der Waals surface area contributed by atoms with Crippen molar-refractivity contribution < 1.29 is 9.53 Å². The summed E-state index contributed by atoms with van der Waals surface area (Å²) < 4.78 is 4.70. The Balaban J connectivity index is 2.43. The highest BCUT2D eigenvalue weighted by atomic mass is 32.1. The van der Waals surface area contributed by atoms with Gasteiger partial charge in [-0.1, -0.05) is 5.21 Å². The molecule has 0 radical (unpaired) electrons. The number of rotatable bonds is 3. The van der Waals surface area contributed by atoms with Crippen molar-refractivity contribution in [1.29, 1.82) is 0 Å². The number of esters is 1. The van der Waals surface area contributed by atoms with Gasteiger partial charge >= 0.3 is 5.97 Å². The summed E-state index contributed by atoms with van der Waals surface area (Å²) in [5, 5.41) is 9.23. The first-order valence-corrected chi connectivity index (χ1v) is 3.62. The number of hydrogen-bond acceptors (Lipinski definition) is 5. The summed E-state index contributed by atoms with van der Waals surface area (Å²) in [7, 11) is 0. The van der Waals surface area contributed by atoms with Crippen LogP contribution in [0.1, 0.15) is 10.5 Å². The molecule has 0 atom stereocenters. The maximum atomic E-state index is 10.9. The van der Waals surface area contributed by atoms with E-state index in [1.165, 1.54) is 6.20 Å². The Morgan fingerprint density at radius 3 is 3.18 bits per heavy atom. The van der Waals surface area contributed by atoms with Crippen molar-refractivity contribution in [3.63, 3.8) is 0 Å². The molecule has 5 nitrogen and oxygen atoms in total. The number of aromatic nitrogens is 3. The summed E-state index contributed by atoms with van der Waals surface area (Å²) in [6, 6.07) is 0. The van der Waals surface area contributed by atoms with E-state index < -0.39 is 5.97 Å². The molecule has 6 heteroatoms. The second-order valence-electron chi connectivity index (χ2n) is 1.72. The molecule has 0 aromatic carbocycles. The molecule has 0 unspecified atom stereocenters. The van der Waals surface area contributed by atoms with E-state index >= 15 is 0 Å². The van der Waals surface area contributed by atoms with Crippen molar-refractivity contribution in [2.45, 2.75) is 0 Å². The van der Waals surface area contributed by atoms with Crippen LogP contribution in [0.25, 0.3) is 0 Å². The molecule has 0 amide bonds. The lowest BCUT2D eigenvalue weighted by Crippen LogP contribution is -2.07. The van der Waals surface area contributed by atoms with Gasteiger partial charge in [0.1, 0.15) is 6.61 Å². The fourth-order valence-electron chi connectivity index (χ4n) is 0.514. The Kier molecular flexibility index (Phi) is 2.91. The van der Waals surface area contributed by atoms with Gasteiger partial charge in [0, 0.05) is 5.75 Å². The fourth-order valence-corrected chi connectivity index (χ4v) is 0.605. The largest absolute Gasteiger partial charge is 0.460 e. The van der Waals surface area contributed by atoms with Crippen LogP contribution in [0.2, 0.25) is 0 Å². The van der Waals surface area contributed by atoms with Crippen LogP contribution in [-0.2, 0) is 4.74 Å². The predicted octanol–water partition coefficient (Wildman–Crippen LogP) is -0.109. The van der Waals surface area contributed by atoms with Crippen LogP contribution in [0, 0.1) is 0 Å². The zero-order valence-electron chi connectivity index (χ0n) is 5.65. The highest BCUT2D eigenvalue weighted by Crippen LogP contribution is 1.92. The highest BCUT2D eigenvalue weighted by Gasteiger charge is 2.08. The van der Waals surface area contributed by atoms with Crippen LogP contribution < -0.4 is 0 Å². The van der Waals surface area contributed by atoms with Crippen LogP contribution in [0.3, 0.4) is 0 Å². The minimum absolute atomic E-state index is 0.187. The number of H-pyrrole nitrogens is 1. The summed E-state index contributed by atoms with van der Waals surface area (Å²) in [5.74, 6) is 0.0247. The maximum absolute atomic E-state index is 10.9. The Morgan fingerprint density at radius 2 is 2.64 bits per heavy atom. The van der Waals surface area contributed by atoms with E-state index in [2.05, 4.69) is 28.0 Å². The van der Waals surface area contributed by atoms with Gasteiger partial charge in [-0.05, 0) is 0 Å². The maximum Gasteiger partial charge on any atom is 0.360 e. The van der Waals surface area contributed by atoms with Gasteiger partial charge in [-0.25, -0.2) is 4.79 Å². The van der Waals surface area contributed by atoms with Crippen LogP contribution in [0.5, 0.6) is 0 Å². The molecule has 0 aliphatic heterocycles. The summed E-state index contributed by atoms with van der Waals surface area (Å²) in [5.41, 5.74) is 0.187. The van der Waals surface area contributed by atoms with E-state index in [9.17, 15) is 4.79 Å². The molecule has 60 valence electrons. The van der Waals surface area contributed by atoms with E-state index in [1.54, 1.807) is 0 Å². The van der Waals surface area contributed by atoms with Gasteiger partial charge in [0.2, 0.25) is 0 Å². The van der Waals surface area contributed by atoms with Crippen molar-refractivity contribution in [2.24, 2.45) is 0 Å². The third kappa shape index (κ3) is 2.23. The van der Waals surface area contributed by atoms with Gasteiger partial charge in [0.25, 0.3) is 0 Å². The number of nitrogens with one attached hydrogen (secondary N) is 1. The molecule has 0 bridgehead atoms. The quantitative estimate of drug-likeness (QED) is 0.494. The first kappa shape index (κ1) is 8.06. The van der Waals surface area contributed by atoms with E-state index in [1.807, 2.05) is 0 Å². The standard InChI is InChI=1S/C5H7N3O2S/c9-5(10-1-2-11)4-3-6-8-7-4/h3,11H,1-2H2,(H,6,7,8). The number of ether oxygens (including phenoxy) is 1. The van der Waals surface area contributed by atoms with Crippen molar-refractivity contribution in [3.8, 4) is 0 Å². The zero-order chi connectivity index (χ0) is 8.10. The Morgan fingerprint density at radius 1 is 1.82 bits per heavy atom. The van der Waals surface area contributed by atoms with Crippen molar-refractivity contribution >= 4 is 18.6 Å². The summed E-state index contributed by atoms with van der Waals surface area (Å²) in [6.45, 7) is 0.287. The van der Waals surface area contributed by atoms with Crippen LogP contribution in [0.15, 0.2) is 6.20 Å². The van der Waals surface area contributed by atoms with Crippen LogP contribution in [0.4, 0.5) is 0 Å². The van der Waals surface area contributed by atoms with Crippen LogP contribution >= 0.6 is 12.6 Å². The molecule has 1 heterocycles. The molecule has 0 saturated carbocycles. The van der Waals surface area contributed by atoms with E-state index in [0.29, 0.717) is 5.75 Å². The number of nitrogens with zero attached hydrogens (tertiary/aromatic N) is 2. The third-order valence-electron chi connectivity index (χ3n) is 0.950. The zero-order valence-corrected chi connectivity index (χ0v) is 6.54. The number of carbonyl (C=O) groups excluding carboxylic acids is 1. The first-order chi connectivity index (χ1) is 5.34. The topological polar surface area (TPSA) is 67.9 Å². The van der Waals surface area contributed by atoms with E-state index in [4.69, 9.17) is 4.74 Å². The summed E-state index contributed by atoms with van der Waals surface area (Å²) >= 11 is 3.87. The van der Waals surface area contributed by atoms with Crippen LogP contribution in [-0.4, -0.2) is 33.7 Å². The predicted molar refractivity (Wildman–Crippen MR) is 40.5 cm³/mol. The molecule has 0 aliphatic rings. The monoisotopic (exact) mass is 173 g/mol. The number of thiol groups is 1. The Bertz CT molecular complexity index is 224. The van der Waals surface area contributed by atoms with Gasteiger partial charge in [-0.2, -0.15) is 12.6 Å². The average molecular weight is 173 g/mol. The molecule has 0 spiro atoms. The molecule has 0 aliphatic carbocycles. The minimum Gasteiger partial charge on any atom is -0.460 e. The smallest absolute Gasteiger partial charge is 0.360 e. The second kappa shape index (κ2) is 3.97. The SMILES string of the molecule is O=C(OCCS)c1c[nH]nn1. The highest BCUT2D eigenvalue weighted by molar-refractivity contribution is 7.80. The second-order valence-corrected chi connectivity index (χ2v) is 2.17. The molecular weight excluding hydrogens is 166 g/mol. The minimum atomic E-state index is -0.479. The van der Waals surface area contributed by atoms with Crippen molar-refractivity contribution in [1.82, 2.24) is 15.4 Å². The molecule has 1 aromatic heterocycles. The number of aromatic amines is 1. The molecule has 0 saturated heterocycles. The third-order valence-corrected chi connectivity index (χ3v) is 1.13. The molecule has 11 heavy (non-hydrogen) atoms. The Labute approximate surface area is 68.5 Å². The van der Waals surface area contributed by atoms with Crippen molar-refractivity contribution in [2.75, 3.05) is 12.4 Å². The number of carbonyl (C=O) groups is 1.